The number of carbonyl (C=O) groups excluding carboxylic acids is 2. The van der Waals surface area contributed by atoms with Crippen LogP contribution in [-0.4, -0.2) is 16.7 Å². The lowest BCUT2D eigenvalue weighted by Gasteiger charge is -2.34. The number of likely N-dealkylation sites (tertiary alicyclic amines) is 1. The van der Waals surface area contributed by atoms with E-state index in [4.69, 9.17) is 0 Å². The lowest BCUT2D eigenvalue weighted by molar-refractivity contribution is -0.155. The van der Waals surface area contributed by atoms with Crippen LogP contribution in [0.1, 0.15) is 37.8 Å². The van der Waals surface area contributed by atoms with Crippen LogP contribution in [0.3, 0.4) is 0 Å². The minimum absolute atomic E-state index is 0.0224. The third kappa shape index (κ3) is 2.12. The average Bonchev–Trinajstić information content (AvgIpc) is 2.84. The highest BCUT2D eigenvalue weighted by molar-refractivity contribution is 9.10. The summed E-state index contributed by atoms with van der Waals surface area (Å²) in [6.45, 7) is 1.93. The molecule has 2 amide bonds. The quantitative estimate of drug-likeness (QED) is 0.784. The summed E-state index contributed by atoms with van der Waals surface area (Å²) in [6.07, 6.45) is 2.51. The molecule has 1 saturated carbocycles. The maximum atomic E-state index is 12.4. The van der Waals surface area contributed by atoms with E-state index in [1.165, 1.54) is 4.90 Å². The number of rotatable bonds is 2. The second-order valence-corrected chi connectivity index (χ2v) is 6.40. The van der Waals surface area contributed by atoms with Crippen LogP contribution in [-0.2, 0) is 9.59 Å². The van der Waals surface area contributed by atoms with Crippen molar-refractivity contribution in [2.24, 2.45) is 11.8 Å². The third-order valence-corrected chi connectivity index (χ3v) is 4.87. The van der Waals surface area contributed by atoms with Crippen LogP contribution < -0.4 is 0 Å². The standard InChI is InChI=1S/C15H16BrNO2/c1-9(10-4-6-13(16)7-5-10)17-14(18)11-2-3-12(8-11)15(17)19/h4-7,9,11-12H,2-3,8H2,1H3. The van der Waals surface area contributed by atoms with Crippen molar-refractivity contribution in [1.29, 1.82) is 0 Å². The van der Waals surface area contributed by atoms with Gasteiger partial charge >= 0.3 is 0 Å². The van der Waals surface area contributed by atoms with Crippen LogP contribution in [0.25, 0.3) is 0 Å². The van der Waals surface area contributed by atoms with Gasteiger partial charge in [-0.2, -0.15) is 0 Å². The van der Waals surface area contributed by atoms with Crippen molar-refractivity contribution in [2.75, 3.05) is 0 Å². The molecule has 0 aromatic heterocycles. The first kappa shape index (κ1) is 12.9. The number of hydrogen-bond acceptors (Lipinski definition) is 2. The molecular weight excluding hydrogens is 306 g/mol. The molecule has 1 saturated heterocycles. The first-order chi connectivity index (χ1) is 9.08. The summed E-state index contributed by atoms with van der Waals surface area (Å²) in [5.74, 6) is 0.185. The Balaban J connectivity index is 1.90. The topological polar surface area (TPSA) is 37.4 Å². The van der Waals surface area contributed by atoms with Crippen LogP contribution in [0.4, 0.5) is 0 Å². The summed E-state index contributed by atoms with van der Waals surface area (Å²) >= 11 is 3.40. The minimum Gasteiger partial charge on any atom is -0.275 e. The average molecular weight is 322 g/mol. The minimum atomic E-state index is -0.170. The van der Waals surface area contributed by atoms with Crippen molar-refractivity contribution in [3.05, 3.63) is 34.3 Å². The number of hydrogen-bond donors (Lipinski definition) is 0. The number of piperidine rings is 1. The highest BCUT2D eigenvalue weighted by Crippen LogP contribution is 2.41. The largest absolute Gasteiger partial charge is 0.275 e. The Kier molecular flexibility index (Phi) is 3.21. The van der Waals surface area contributed by atoms with E-state index in [1.54, 1.807) is 0 Å². The highest BCUT2D eigenvalue weighted by atomic mass is 79.9. The van der Waals surface area contributed by atoms with Gasteiger partial charge in [-0.1, -0.05) is 28.1 Å². The molecular formula is C15H16BrNO2. The smallest absolute Gasteiger partial charge is 0.232 e. The van der Waals surface area contributed by atoms with Gasteiger partial charge in [0.2, 0.25) is 11.8 Å². The molecule has 4 heteroatoms. The Morgan fingerprint density at radius 3 is 2.16 bits per heavy atom. The number of carbonyl (C=O) groups is 2. The number of amides is 2. The SMILES string of the molecule is CC(c1ccc(Br)cc1)N1C(=O)C2CCC(C2)C1=O. The van der Waals surface area contributed by atoms with Gasteiger partial charge in [0, 0.05) is 16.3 Å². The Bertz CT molecular complexity index is 503. The summed E-state index contributed by atoms with van der Waals surface area (Å²) in [5, 5.41) is 0. The molecule has 0 N–H and O–H groups in total. The number of nitrogens with zero attached hydrogens (tertiary/aromatic N) is 1. The fourth-order valence-corrected chi connectivity index (χ4v) is 3.47. The molecule has 2 fully saturated rings. The van der Waals surface area contributed by atoms with Crippen LogP contribution in [0.5, 0.6) is 0 Å². The molecule has 2 aliphatic rings. The zero-order valence-electron chi connectivity index (χ0n) is 10.8. The number of fused-ring (bicyclic) bond motifs is 2. The third-order valence-electron chi connectivity index (χ3n) is 4.35. The van der Waals surface area contributed by atoms with Crippen molar-refractivity contribution >= 4 is 27.7 Å². The first-order valence-electron chi connectivity index (χ1n) is 6.70. The molecule has 19 heavy (non-hydrogen) atoms. The highest BCUT2D eigenvalue weighted by Gasteiger charge is 2.46. The summed E-state index contributed by atoms with van der Waals surface area (Å²) in [6, 6.07) is 7.65. The maximum Gasteiger partial charge on any atom is 0.232 e. The predicted octanol–water partition coefficient (Wildman–Crippen LogP) is 3.30. The fourth-order valence-electron chi connectivity index (χ4n) is 3.20. The molecule has 3 unspecified atom stereocenters. The van der Waals surface area contributed by atoms with E-state index in [-0.39, 0.29) is 29.7 Å². The number of imide groups is 1. The van der Waals surface area contributed by atoms with E-state index < -0.39 is 0 Å². The molecule has 0 radical (unpaired) electrons. The van der Waals surface area contributed by atoms with Gasteiger partial charge in [-0.3, -0.25) is 14.5 Å². The monoisotopic (exact) mass is 321 g/mol. The van der Waals surface area contributed by atoms with Crippen molar-refractivity contribution < 1.29 is 9.59 Å². The lowest BCUT2D eigenvalue weighted by atomic mass is 9.94. The van der Waals surface area contributed by atoms with Gasteiger partial charge in [0.15, 0.2) is 0 Å². The molecule has 1 aliphatic carbocycles. The molecule has 3 rings (SSSR count). The predicted molar refractivity (Wildman–Crippen MR) is 75.2 cm³/mol. The summed E-state index contributed by atoms with van der Waals surface area (Å²) in [7, 11) is 0. The lowest BCUT2D eigenvalue weighted by Crippen LogP contribution is -2.47. The van der Waals surface area contributed by atoms with Crippen molar-refractivity contribution in [3.63, 3.8) is 0 Å². The number of benzene rings is 1. The first-order valence-corrected chi connectivity index (χ1v) is 7.49. The van der Waals surface area contributed by atoms with Gasteiger partial charge in [0.1, 0.15) is 0 Å². The van der Waals surface area contributed by atoms with Gasteiger partial charge in [0.25, 0.3) is 0 Å². The van der Waals surface area contributed by atoms with Crippen LogP contribution >= 0.6 is 15.9 Å². The van der Waals surface area contributed by atoms with E-state index in [1.807, 2.05) is 31.2 Å². The fraction of sp³-hybridized carbons (Fsp3) is 0.467. The maximum absolute atomic E-state index is 12.4. The Morgan fingerprint density at radius 2 is 1.63 bits per heavy atom. The van der Waals surface area contributed by atoms with E-state index in [9.17, 15) is 9.59 Å². The summed E-state index contributed by atoms with van der Waals surface area (Å²) in [5.41, 5.74) is 1.01. The van der Waals surface area contributed by atoms with Crippen LogP contribution in [0.15, 0.2) is 28.7 Å². The van der Waals surface area contributed by atoms with Gasteiger partial charge in [-0.15, -0.1) is 0 Å². The second-order valence-electron chi connectivity index (χ2n) is 5.48. The Morgan fingerprint density at radius 1 is 1.11 bits per heavy atom. The normalized spacial score (nSPS) is 27.8. The van der Waals surface area contributed by atoms with Gasteiger partial charge in [-0.05, 0) is 43.9 Å². The van der Waals surface area contributed by atoms with E-state index in [2.05, 4.69) is 15.9 Å². The molecule has 100 valence electrons. The van der Waals surface area contributed by atoms with Gasteiger partial charge in [0.05, 0.1) is 6.04 Å². The van der Waals surface area contributed by atoms with E-state index in [0.717, 1.165) is 29.3 Å². The second kappa shape index (κ2) is 4.75. The van der Waals surface area contributed by atoms with Crippen molar-refractivity contribution in [1.82, 2.24) is 4.90 Å². The van der Waals surface area contributed by atoms with Crippen LogP contribution in [0.2, 0.25) is 0 Å². The zero-order valence-corrected chi connectivity index (χ0v) is 12.4. The molecule has 3 atom stereocenters. The Labute approximate surface area is 121 Å². The van der Waals surface area contributed by atoms with Gasteiger partial charge in [-0.25, -0.2) is 0 Å². The summed E-state index contributed by atoms with van der Waals surface area (Å²) in [4.78, 5) is 26.2. The Hall–Kier alpha value is -1.16. The molecule has 3 nitrogen and oxygen atoms in total. The zero-order chi connectivity index (χ0) is 13.6. The van der Waals surface area contributed by atoms with Crippen molar-refractivity contribution in [3.8, 4) is 0 Å². The molecule has 1 aromatic carbocycles. The van der Waals surface area contributed by atoms with Gasteiger partial charge < -0.3 is 0 Å². The molecule has 1 heterocycles. The molecule has 0 spiro atoms. The van der Waals surface area contributed by atoms with Crippen LogP contribution in [0, 0.1) is 11.8 Å². The van der Waals surface area contributed by atoms with Crippen molar-refractivity contribution in [2.45, 2.75) is 32.2 Å². The molecule has 2 bridgehead atoms. The van der Waals surface area contributed by atoms with E-state index >= 15 is 0 Å². The number of halogens is 1. The summed E-state index contributed by atoms with van der Waals surface area (Å²) < 4.78 is 1.000. The molecule has 1 aromatic rings. The van der Waals surface area contributed by atoms with E-state index in [0.29, 0.717) is 0 Å². The molecule has 1 aliphatic heterocycles.